The zero-order valence-corrected chi connectivity index (χ0v) is 20.7. The second kappa shape index (κ2) is 11.0. The lowest BCUT2D eigenvalue weighted by Gasteiger charge is -2.27. The van der Waals surface area contributed by atoms with Crippen LogP contribution in [0, 0.1) is 20.2 Å². The molecule has 0 radical (unpaired) electrons. The van der Waals surface area contributed by atoms with E-state index >= 15 is 0 Å². The number of nitrogens with zero attached hydrogens (tertiary/aromatic N) is 3. The first-order valence-electron chi connectivity index (χ1n) is 9.44. The summed E-state index contributed by atoms with van der Waals surface area (Å²) in [5.41, 5.74) is -3.73. The van der Waals surface area contributed by atoms with Gasteiger partial charge in [-0.1, -0.05) is 0 Å². The molecule has 0 unspecified atom stereocenters. The number of benzene rings is 1. The highest BCUT2D eigenvalue weighted by Gasteiger charge is 2.33. The Kier molecular flexibility index (Phi) is 9.45. The SMILES string of the molecule is CC(C)(C)OC(=O)c1cc([N+](=O)[O-])cc([N+](=O)[O-])c1N(CCOS(C)(=O)=O)CCOS(C)(=O)=O. The van der Waals surface area contributed by atoms with Crippen molar-refractivity contribution in [1.29, 1.82) is 0 Å². The summed E-state index contributed by atoms with van der Waals surface area (Å²) in [5.74, 6) is -1.13. The van der Waals surface area contributed by atoms with E-state index in [0.29, 0.717) is 6.07 Å². The largest absolute Gasteiger partial charge is 0.456 e. The van der Waals surface area contributed by atoms with Crippen molar-refractivity contribution in [2.24, 2.45) is 0 Å². The number of carbonyl (C=O) groups excluding carboxylic acids is 1. The first-order valence-corrected chi connectivity index (χ1v) is 13.1. The summed E-state index contributed by atoms with van der Waals surface area (Å²) in [6, 6.07) is 1.39. The van der Waals surface area contributed by atoms with Gasteiger partial charge in [-0.3, -0.25) is 28.6 Å². The molecule has 0 bridgehead atoms. The normalized spacial score (nSPS) is 12.3. The average Bonchev–Trinajstić information content (AvgIpc) is 2.62. The van der Waals surface area contributed by atoms with Crippen LogP contribution in [0.5, 0.6) is 0 Å². The van der Waals surface area contributed by atoms with Gasteiger partial charge in [0, 0.05) is 19.2 Å². The third-order valence-electron chi connectivity index (χ3n) is 3.73. The minimum Gasteiger partial charge on any atom is -0.456 e. The molecule has 15 nitrogen and oxygen atoms in total. The fourth-order valence-electron chi connectivity index (χ4n) is 2.60. The second-order valence-electron chi connectivity index (χ2n) is 7.92. The fourth-order valence-corrected chi connectivity index (χ4v) is 3.36. The molecule has 0 atom stereocenters. The lowest BCUT2D eigenvalue weighted by molar-refractivity contribution is -0.393. The number of non-ortho nitro benzene ring substituents is 1. The maximum absolute atomic E-state index is 12.9. The van der Waals surface area contributed by atoms with Gasteiger partial charge in [0.1, 0.15) is 11.3 Å². The van der Waals surface area contributed by atoms with E-state index in [2.05, 4.69) is 8.37 Å². The van der Waals surface area contributed by atoms with Gasteiger partial charge in [-0.25, -0.2) is 4.79 Å². The van der Waals surface area contributed by atoms with Crippen molar-refractivity contribution in [3.63, 3.8) is 0 Å². The Hall–Kier alpha value is -2.89. The summed E-state index contributed by atoms with van der Waals surface area (Å²) < 4.78 is 59.8. The number of nitro groups is 2. The molecule has 0 aliphatic carbocycles. The van der Waals surface area contributed by atoms with E-state index in [9.17, 15) is 41.9 Å². The van der Waals surface area contributed by atoms with Gasteiger partial charge in [0.05, 0.1) is 47.2 Å². The van der Waals surface area contributed by atoms with E-state index < -0.39 is 90.6 Å². The minimum atomic E-state index is -3.91. The predicted octanol–water partition coefficient (Wildman–Crippen LogP) is 1.22. The van der Waals surface area contributed by atoms with Crippen LogP contribution < -0.4 is 4.90 Å². The van der Waals surface area contributed by atoms with Crippen LogP contribution in [-0.2, 0) is 33.3 Å². The molecular formula is C17H25N3O12S2. The molecule has 34 heavy (non-hydrogen) atoms. The summed E-state index contributed by atoms with van der Waals surface area (Å²) in [4.78, 5) is 35.1. The van der Waals surface area contributed by atoms with Crippen LogP contribution in [-0.4, -0.2) is 77.1 Å². The summed E-state index contributed by atoms with van der Waals surface area (Å²) in [7, 11) is -7.82. The molecule has 1 aromatic rings. The maximum atomic E-state index is 12.9. The van der Waals surface area contributed by atoms with Gasteiger partial charge in [-0.2, -0.15) is 16.8 Å². The summed E-state index contributed by atoms with van der Waals surface area (Å²) >= 11 is 0. The zero-order valence-electron chi connectivity index (χ0n) is 19.0. The van der Waals surface area contributed by atoms with Crippen LogP contribution in [0.25, 0.3) is 0 Å². The molecule has 0 N–H and O–H groups in total. The highest BCUT2D eigenvalue weighted by Crippen LogP contribution is 2.37. The monoisotopic (exact) mass is 527 g/mol. The van der Waals surface area contributed by atoms with Crippen LogP contribution in [0.1, 0.15) is 31.1 Å². The molecule has 0 aromatic heterocycles. The van der Waals surface area contributed by atoms with Crippen LogP contribution in [0.2, 0.25) is 0 Å². The van der Waals surface area contributed by atoms with Crippen molar-refractivity contribution >= 4 is 43.3 Å². The van der Waals surface area contributed by atoms with Gasteiger partial charge in [-0.15, -0.1) is 0 Å². The van der Waals surface area contributed by atoms with E-state index in [-0.39, 0.29) is 0 Å². The Morgan fingerprint density at radius 1 is 0.941 bits per heavy atom. The molecule has 192 valence electrons. The van der Waals surface area contributed by atoms with Crippen LogP contribution in [0.15, 0.2) is 12.1 Å². The lowest BCUT2D eigenvalue weighted by atomic mass is 10.1. The van der Waals surface area contributed by atoms with Crippen molar-refractivity contribution < 1.29 is 44.6 Å². The molecule has 0 spiro atoms. The van der Waals surface area contributed by atoms with Gasteiger partial charge in [-0.05, 0) is 20.8 Å². The third-order valence-corrected chi connectivity index (χ3v) is 4.92. The molecule has 0 aliphatic rings. The Bertz CT molecular complexity index is 1120. The lowest BCUT2D eigenvalue weighted by Crippen LogP contribution is -2.34. The van der Waals surface area contributed by atoms with Gasteiger partial charge in [0.15, 0.2) is 0 Å². The van der Waals surface area contributed by atoms with Gasteiger partial charge in [0.2, 0.25) is 0 Å². The number of rotatable bonds is 12. The van der Waals surface area contributed by atoms with Crippen molar-refractivity contribution in [3.05, 3.63) is 37.9 Å². The van der Waals surface area contributed by atoms with Crippen LogP contribution >= 0.6 is 0 Å². The van der Waals surface area contributed by atoms with Crippen molar-refractivity contribution in [2.75, 3.05) is 43.7 Å². The van der Waals surface area contributed by atoms with Gasteiger partial charge in [0.25, 0.3) is 31.6 Å². The number of ether oxygens (including phenoxy) is 1. The Morgan fingerprint density at radius 2 is 1.41 bits per heavy atom. The van der Waals surface area contributed by atoms with E-state index in [1.165, 1.54) is 20.8 Å². The number of carbonyl (C=O) groups is 1. The number of nitro benzene ring substituents is 2. The molecular weight excluding hydrogens is 502 g/mol. The summed E-state index contributed by atoms with van der Waals surface area (Å²) in [6.07, 6.45) is 1.54. The van der Waals surface area contributed by atoms with E-state index in [4.69, 9.17) is 4.74 Å². The first-order chi connectivity index (χ1) is 15.3. The Morgan fingerprint density at radius 3 is 1.76 bits per heavy atom. The van der Waals surface area contributed by atoms with Crippen molar-refractivity contribution in [1.82, 2.24) is 0 Å². The van der Waals surface area contributed by atoms with E-state index in [1.807, 2.05) is 0 Å². The molecule has 1 aromatic carbocycles. The minimum absolute atomic E-state index is 0.394. The first kappa shape index (κ1) is 29.1. The highest BCUT2D eigenvalue weighted by molar-refractivity contribution is 7.86. The third kappa shape index (κ3) is 9.94. The standard InChI is InChI=1S/C17H25N3O12S2/c1-17(2,3)32-16(21)13-10-12(19(22)23)11-14(20(24)25)15(13)18(6-8-30-33(4,26)27)7-9-31-34(5,28)29/h10-11H,6-9H2,1-5H3. The van der Waals surface area contributed by atoms with Gasteiger partial charge >= 0.3 is 5.97 Å². The molecule has 0 saturated carbocycles. The van der Waals surface area contributed by atoms with Gasteiger partial charge < -0.3 is 9.64 Å². The topological polar surface area (TPSA) is 203 Å². The molecule has 0 aliphatic heterocycles. The van der Waals surface area contributed by atoms with E-state index in [1.54, 1.807) is 0 Å². The van der Waals surface area contributed by atoms with Crippen molar-refractivity contribution in [2.45, 2.75) is 26.4 Å². The quantitative estimate of drug-likeness (QED) is 0.162. The van der Waals surface area contributed by atoms with Crippen LogP contribution in [0.4, 0.5) is 17.1 Å². The molecule has 1 rings (SSSR count). The molecule has 0 saturated heterocycles. The molecule has 17 heteroatoms. The fraction of sp³-hybridized carbons (Fsp3) is 0.588. The second-order valence-corrected chi connectivity index (χ2v) is 11.2. The molecule has 0 heterocycles. The van der Waals surface area contributed by atoms with E-state index in [0.717, 1.165) is 23.5 Å². The summed E-state index contributed by atoms with van der Waals surface area (Å²) in [5, 5.41) is 23.1. The Labute approximate surface area is 196 Å². The molecule has 0 fully saturated rings. The zero-order chi connectivity index (χ0) is 26.5. The predicted molar refractivity (Wildman–Crippen MR) is 119 cm³/mol. The number of anilines is 1. The maximum Gasteiger partial charge on any atom is 0.341 e. The number of hydrogen-bond donors (Lipinski definition) is 0. The summed E-state index contributed by atoms with van der Waals surface area (Å²) in [6.45, 7) is 2.65. The smallest absolute Gasteiger partial charge is 0.341 e. The number of esters is 1. The average molecular weight is 528 g/mol. The highest BCUT2D eigenvalue weighted by atomic mass is 32.2. The Balaban J connectivity index is 3.69. The molecule has 0 amide bonds. The number of hydrogen-bond acceptors (Lipinski definition) is 13. The van der Waals surface area contributed by atoms with Crippen molar-refractivity contribution in [3.8, 4) is 0 Å². The van der Waals surface area contributed by atoms with Crippen LogP contribution in [0.3, 0.4) is 0 Å².